The third-order valence-corrected chi connectivity index (χ3v) is 5.64. The van der Waals surface area contributed by atoms with Gasteiger partial charge in [0.05, 0.1) is 31.5 Å². The van der Waals surface area contributed by atoms with Crippen LogP contribution in [0, 0.1) is 18.8 Å². The van der Waals surface area contributed by atoms with Gasteiger partial charge in [-0.15, -0.1) is 0 Å². The summed E-state index contributed by atoms with van der Waals surface area (Å²) in [6.07, 6.45) is 3.24. The van der Waals surface area contributed by atoms with Crippen LogP contribution in [0.25, 0.3) is 11.0 Å². The zero-order valence-corrected chi connectivity index (χ0v) is 23.0. The van der Waals surface area contributed by atoms with Crippen molar-refractivity contribution in [3.63, 3.8) is 0 Å². The number of amides is 1. The minimum absolute atomic E-state index is 0.292. The average molecular weight is 501 g/mol. The number of aryl methyl sites for hydroxylation is 1. The van der Waals surface area contributed by atoms with Crippen molar-refractivity contribution in [2.24, 2.45) is 11.8 Å². The quantitative estimate of drug-likeness (QED) is 0.231. The number of nitrogens with zero attached hydrogens (tertiary/aromatic N) is 4. The van der Waals surface area contributed by atoms with Gasteiger partial charge in [-0.25, -0.2) is 14.1 Å². The molecule has 8 heteroatoms. The highest BCUT2D eigenvalue weighted by Crippen LogP contribution is 2.25. The molecular weight excluding hydrogens is 460 g/mol. The fourth-order valence-electron chi connectivity index (χ4n) is 3.04. The average Bonchev–Trinajstić information content (AvgIpc) is 3.12. The van der Waals surface area contributed by atoms with E-state index >= 15 is 0 Å². The molecule has 2 aromatic heterocycles. The Kier molecular flexibility index (Phi) is 12.1. The molecule has 3 aromatic rings. The SMILES string of the molecule is CC(C)C.CCOCCN(Sc1ccc(Cn2c(C)nc3cnccc32)cc1)C(=O)OCC(C)C. The van der Waals surface area contributed by atoms with E-state index in [9.17, 15) is 4.79 Å². The van der Waals surface area contributed by atoms with Gasteiger partial charge in [0.25, 0.3) is 0 Å². The molecule has 0 saturated carbocycles. The third kappa shape index (κ3) is 9.90. The number of benzene rings is 1. The number of pyridine rings is 1. The highest BCUT2D eigenvalue weighted by Gasteiger charge is 2.17. The summed E-state index contributed by atoms with van der Waals surface area (Å²) in [5, 5.41) is 0. The molecule has 0 aliphatic heterocycles. The van der Waals surface area contributed by atoms with Crippen LogP contribution in [0.5, 0.6) is 0 Å². The van der Waals surface area contributed by atoms with Gasteiger partial charge < -0.3 is 14.0 Å². The van der Waals surface area contributed by atoms with Gasteiger partial charge >= 0.3 is 6.09 Å². The molecular formula is C27H40N4O3S. The maximum atomic E-state index is 12.5. The summed E-state index contributed by atoms with van der Waals surface area (Å²) in [4.78, 5) is 22.2. The van der Waals surface area contributed by atoms with Crippen LogP contribution in [0.15, 0.2) is 47.6 Å². The molecule has 0 bridgehead atoms. The Morgan fingerprint density at radius 1 is 1.11 bits per heavy atom. The van der Waals surface area contributed by atoms with E-state index in [1.165, 1.54) is 11.9 Å². The third-order valence-electron chi connectivity index (χ3n) is 4.61. The van der Waals surface area contributed by atoms with Crippen molar-refractivity contribution in [1.29, 1.82) is 0 Å². The zero-order valence-electron chi connectivity index (χ0n) is 22.2. The van der Waals surface area contributed by atoms with Gasteiger partial charge in [0.1, 0.15) is 11.3 Å². The number of rotatable bonds is 10. The van der Waals surface area contributed by atoms with E-state index in [4.69, 9.17) is 9.47 Å². The molecule has 0 N–H and O–H groups in total. The largest absolute Gasteiger partial charge is 0.449 e. The van der Waals surface area contributed by atoms with E-state index in [-0.39, 0.29) is 6.09 Å². The van der Waals surface area contributed by atoms with E-state index in [2.05, 4.69) is 47.4 Å². The van der Waals surface area contributed by atoms with E-state index < -0.39 is 0 Å². The molecule has 35 heavy (non-hydrogen) atoms. The lowest BCUT2D eigenvalue weighted by Crippen LogP contribution is -2.29. The van der Waals surface area contributed by atoms with Gasteiger partial charge in [0.15, 0.2) is 0 Å². The van der Waals surface area contributed by atoms with Gasteiger partial charge in [-0.1, -0.05) is 46.8 Å². The smallest absolute Gasteiger partial charge is 0.420 e. The van der Waals surface area contributed by atoms with Crippen molar-refractivity contribution in [1.82, 2.24) is 18.8 Å². The number of imidazole rings is 1. The van der Waals surface area contributed by atoms with Crippen LogP contribution < -0.4 is 0 Å². The standard InChI is InChI=1S/C23H30N4O3S.C4H10/c1-5-29-13-12-27(23(28)30-16-17(2)3)31-20-8-6-19(7-9-20)15-26-18(4)25-21-14-24-11-10-22(21)26;1-4(2)3/h6-11,14,17H,5,12-13,15-16H2,1-4H3;4H,1-3H3. The van der Waals surface area contributed by atoms with Crippen LogP contribution in [0.1, 0.15) is 52.9 Å². The van der Waals surface area contributed by atoms with Crippen molar-refractivity contribution in [3.05, 3.63) is 54.1 Å². The molecule has 3 rings (SSSR count). The first-order valence-corrected chi connectivity index (χ1v) is 13.0. The molecule has 0 fully saturated rings. The Morgan fingerprint density at radius 3 is 2.43 bits per heavy atom. The van der Waals surface area contributed by atoms with E-state index in [0.717, 1.165) is 39.8 Å². The Hall–Kier alpha value is -2.58. The van der Waals surface area contributed by atoms with Gasteiger partial charge in [-0.3, -0.25) is 4.98 Å². The number of hydrogen-bond acceptors (Lipinski definition) is 6. The first-order valence-electron chi connectivity index (χ1n) is 12.3. The Morgan fingerprint density at radius 2 is 1.80 bits per heavy atom. The second kappa shape index (κ2) is 14.7. The molecule has 0 aliphatic carbocycles. The summed E-state index contributed by atoms with van der Waals surface area (Å²) in [7, 11) is 0. The summed E-state index contributed by atoms with van der Waals surface area (Å²) in [6.45, 7) is 17.2. The Balaban J connectivity index is 0.00000100. The van der Waals surface area contributed by atoms with Crippen LogP contribution in [-0.4, -0.2) is 51.3 Å². The Labute approximate surface area is 214 Å². The van der Waals surface area contributed by atoms with Crippen LogP contribution in [0.3, 0.4) is 0 Å². The molecule has 7 nitrogen and oxygen atoms in total. The number of aromatic nitrogens is 3. The number of carbonyl (C=O) groups is 1. The lowest BCUT2D eigenvalue weighted by atomic mass is 10.2. The lowest BCUT2D eigenvalue weighted by molar-refractivity contribution is 0.0989. The highest BCUT2D eigenvalue weighted by molar-refractivity contribution is 7.97. The minimum atomic E-state index is -0.336. The van der Waals surface area contributed by atoms with Crippen molar-refractivity contribution in [3.8, 4) is 0 Å². The van der Waals surface area contributed by atoms with E-state index in [1.807, 2.05) is 45.9 Å². The molecule has 0 radical (unpaired) electrons. The van der Waals surface area contributed by atoms with Gasteiger partial charge in [0.2, 0.25) is 0 Å². The molecule has 192 valence electrons. The van der Waals surface area contributed by atoms with Crippen molar-refractivity contribution in [2.75, 3.05) is 26.4 Å². The van der Waals surface area contributed by atoms with E-state index in [0.29, 0.717) is 32.3 Å². The fraction of sp³-hybridized carbons (Fsp3) is 0.519. The van der Waals surface area contributed by atoms with Crippen LogP contribution in [0.2, 0.25) is 0 Å². The second-order valence-electron chi connectivity index (χ2n) is 9.35. The van der Waals surface area contributed by atoms with Crippen LogP contribution in [-0.2, 0) is 16.0 Å². The number of fused-ring (bicyclic) bond motifs is 1. The Bertz CT molecular complexity index is 1030. The van der Waals surface area contributed by atoms with Crippen LogP contribution in [0.4, 0.5) is 4.79 Å². The maximum Gasteiger partial charge on any atom is 0.420 e. The van der Waals surface area contributed by atoms with Crippen molar-refractivity contribution in [2.45, 2.75) is 59.9 Å². The number of ether oxygens (including phenoxy) is 2. The van der Waals surface area contributed by atoms with E-state index in [1.54, 1.807) is 16.7 Å². The van der Waals surface area contributed by atoms with Crippen molar-refractivity contribution < 1.29 is 14.3 Å². The van der Waals surface area contributed by atoms with Crippen molar-refractivity contribution >= 4 is 29.1 Å². The van der Waals surface area contributed by atoms with Crippen LogP contribution >= 0.6 is 11.9 Å². The monoisotopic (exact) mass is 500 g/mol. The number of hydrogen-bond donors (Lipinski definition) is 0. The minimum Gasteiger partial charge on any atom is -0.449 e. The predicted octanol–water partition coefficient (Wildman–Crippen LogP) is 6.59. The lowest BCUT2D eigenvalue weighted by Gasteiger charge is -2.21. The molecule has 0 unspecified atom stereocenters. The molecule has 2 heterocycles. The topological polar surface area (TPSA) is 69.5 Å². The maximum absolute atomic E-state index is 12.5. The molecule has 1 aromatic carbocycles. The zero-order chi connectivity index (χ0) is 25.8. The first-order chi connectivity index (χ1) is 16.7. The molecule has 0 atom stereocenters. The summed E-state index contributed by atoms with van der Waals surface area (Å²) in [5.74, 6) is 2.08. The summed E-state index contributed by atoms with van der Waals surface area (Å²) in [6, 6.07) is 10.2. The number of carbonyl (C=O) groups excluding carboxylic acids is 1. The summed E-state index contributed by atoms with van der Waals surface area (Å²) in [5.41, 5.74) is 3.13. The molecule has 1 amide bonds. The predicted molar refractivity (Wildman–Crippen MR) is 144 cm³/mol. The molecule has 0 spiro atoms. The summed E-state index contributed by atoms with van der Waals surface area (Å²) < 4.78 is 14.6. The van der Waals surface area contributed by atoms with Gasteiger partial charge in [-0.05, 0) is 61.4 Å². The highest BCUT2D eigenvalue weighted by atomic mass is 32.2. The normalized spacial score (nSPS) is 11.0. The second-order valence-corrected chi connectivity index (χ2v) is 10.4. The fourth-order valence-corrected chi connectivity index (χ4v) is 3.85. The van der Waals surface area contributed by atoms with Gasteiger partial charge in [-0.2, -0.15) is 0 Å². The molecule has 0 saturated heterocycles. The molecule has 0 aliphatic rings. The first kappa shape index (κ1) is 28.7. The summed E-state index contributed by atoms with van der Waals surface area (Å²) >= 11 is 1.37. The van der Waals surface area contributed by atoms with Gasteiger partial charge in [0, 0.05) is 24.2 Å².